The number of ether oxygens (including phenoxy) is 1. The van der Waals surface area contributed by atoms with Crippen molar-refractivity contribution in [2.24, 2.45) is 0 Å². The van der Waals surface area contributed by atoms with Crippen LogP contribution >= 0.6 is 0 Å². The third-order valence-corrected chi connectivity index (χ3v) is 6.32. The molecule has 2 fully saturated rings. The van der Waals surface area contributed by atoms with Crippen LogP contribution in [-0.2, 0) is 19.7 Å². The summed E-state index contributed by atoms with van der Waals surface area (Å²) in [6, 6.07) is 10.6. The zero-order chi connectivity index (χ0) is 21.6. The monoisotopic (exact) mass is 415 g/mol. The van der Waals surface area contributed by atoms with Gasteiger partial charge in [0.1, 0.15) is 6.10 Å². The summed E-state index contributed by atoms with van der Waals surface area (Å²) in [5.41, 5.74) is 1.31. The van der Waals surface area contributed by atoms with Crippen LogP contribution in [0.1, 0.15) is 52.0 Å². The molecule has 0 aromatic heterocycles. The lowest BCUT2D eigenvalue weighted by Crippen LogP contribution is -2.51. The molecular formula is C24H37N3O3. The second-order valence-electron chi connectivity index (χ2n) is 9.34. The molecule has 1 aromatic rings. The third kappa shape index (κ3) is 6.29. The van der Waals surface area contributed by atoms with Crippen molar-refractivity contribution in [1.82, 2.24) is 15.1 Å². The molecule has 0 aliphatic carbocycles. The van der Waals surface area contributed by atoms with Gasteiger partial charge in [-0.2, -0.15) is 0 Å². The Hall–Kier alpha value is -1.92. The van der Waals surface area contributed by atoms with Crippen molar-refractivity contribution in [3.05, 3.63) is 35.9 Å². The van der Waals surface area contributed by atoms with Crippen LogP contribution in [0, 0.1) is 0 Å². The fourth-order valence-corrected chi connectivity index (χ4v) is 4.60. The molecule has 1 aromatic carbocycles. The number of amides is 2. The van der Waals surface area contributed by atoms with Crippen LogP contribution in [0.5, 0.6) is 0 Å². The highest BCUT2D eigenvalue weighted by molar-refractivity contribution is 5.81. The molecule has 2 unspecified atom stereocenters. The topological polar surface area (TPSA) is 61.9 Å². The predicted octanol–water partition coefficient (Wildman–Crippen LogP) is 2.57. The largest absolute Gasteiger partial charge is 0.368 e. The molecule has 2 aliphatic heterocycles. The number of piperazine rings is 1. The summed E-state index contributed by atoms with van der Waals surface area (Å²) in [4.78, 5) is 29.1. The summed E-state index contributed by atoms with van der Waals surface area (Å²) in [6.07, 6.45) is 2.98. The first kappa shape index (κ1) is 22.8. The number of carbonyl (C=O) groups excluding carboxylic acids is 2. The summed E-state index contributed by atoms with van der Waals surface area (Å²) in [6.45, 7) is 11.1. The van der Waals surface area contributed by atoms with E-state index in [2.05, 4.69) is 55.3 Å². The van der Waals surface area contributed by atoms with E-state index in [1.807, 2.05) is 11.0 Å². The van der Waals surface area contributed by atoms with Crippen molar-refractivity contribution in [1.29, 1.82) is 0 Å². The highest BCUT2D eigenvalue weighted by Gasteiger charge is 2.30. The van der Waals surface area contributed by atoms with Crippen molar-refractivity contribution in [2.45, 2.75) is 64.0 Å². The Kier molecular flexibility index (Phi) is 7.89. The van der Waals surface area contributed by atoms with E-state index < -0.39 is 0 Å². The lowest BCUT2D eigenvalue weighted by atomic mass is 9.79. The minimum absolute atomic E-state index is 0.0137. The van der Waals surface area contributed by atoms with Crippen LogP contribution in [0.4, 0.5) is 0 Å². The Morgan fingerprint density at radius 3 is 2.50 bits per heavy atom. The van der Waals surface area contributed by atoms with Gasteiger partial charge in [0, 0.05) is 51.8 Å². The second-order valence-corrected chi connectivity index (χ2v) is 9.34. The first-order valence-corrected chi connectivity index (χ1v) is 11.3. The van der Waals surface area contributed by atoms with Gasteiger partial charge in [0.15, 0.2) is 0 Å². The summed E-state index contributed by atoms with van der Waals surface area (Å²) in [7, 11) is 0. The standard InChI is InChI=1S/C24H37N3O3/c1-19(18-24(2,3)20-8-5-4-6-9-20)25-22(28)11-12-26-13-15-27(16-14-26)23(29)21-10-7-17-30-21/h4-6,8-9,19,21H,7,10-18H2,1-3H3,(H,25,28). The van der Waals surface area contributed by atoms with Gasteiger partial charge in [-0.15, -0.1) is 0 Å². The minimum Gasteiger partial charge on any atom is -0.368 e. The molecule has 0 bridgehead atoms. The first-order chi connectivity index (χ1) is 14.3. The summed E-state index contributed by atoms with van der Waals surface area (Å²) < 4.78 is 5.52. The van der Waals surface area contributed by atoms with E-state index in [4.69, 9.17) is 4.74 Å². The van der Waals surface area contributed by atoms with Crippen molar-refractivity contribution < 1.29 is 14.3 Å². The molecular weight excluding hydrogens is 378 g/mol. The van der Waals surface area contributed by atoms with Crippen LogP contribution < -0.4 is 5.32 Å². The van der Waals surface area contributed by atoms with Crippen molar-refractivity contribution in [2.75, 3.05) is 39.3 Å². The molecule has 2 heterocycles. The van der Waals surface area contributed by atoms with Gasteiger partial charge in [-0.3, -0.25) is 14.5 Å². The molecule has 2 atom stereocenters. The lowest BCUT2D eigenvalue weighted by Gasteiger charge is -2.35. The van der Waals surface area contributed by atoms with Gasteiger partial charge in [0.05, 0.1) is 0 Å². The SMILES string of the molecule is CC(CC(C)(C)c1ccccc1)NC(=O)CCN1CCN(C(=O)C2CCCO2)CC1. The molecule has 166 valence electrons. The number of nitrogens with zero attached hydrogens (tertiary/aromatic N) is 2. The Morgan fingerprint density at radius 2 is 1.87 bits per heavy atom. The Balaban J connectivity index is 1.35. The van der Waals surface area contributed by atoms with E-state index in [1.165, 1.54) is 5.56 Å². The van der Waals surface area contributed by atoms with Crippen molar-refractivity contribution >= 4 is 11.8 Å². The number of nitrogens with one attached hydrogen (secondary N) is 1. The van der Waals surface area contributed by atoms with Gasteiger partial charge < -0.3 is 15.0 Å². The number of benzene rings is 1. The predicted molar refractivity (Wildman–Crippen MR) is 118 cm³/mol. The van der Waals surface area contributed by atoms with Crippen molar-refractivity contribution in [3.63, 3.8) is 0 Å². The summed E-state index contributed by atoms with van der Waals surface area (Å²) in [5.74, 6) is 0.240. The quantitative estimate of drug-likeness (QED) is 0.709. The third-order valence-electron chi connectivity index (χ3n) is 6.32. The van der Waals surface area contributed by atoms with E-state index in [0.717, 1.165) is 52.0 Å². The van der Waals surface area contributed by atoms with E-state index >= 15 is 0 Å². The van der Waals surface area contributed by atoms with Gasteiger partial charge in [0.25, 0.3) is 5.91 Å². The summed E-state index contributed by atoms with van der Waals surface area (Å²) in [5, 5.41) is 3.16. The molecule has 0 radical (unpaired) electrons. The molecule has 3 rings (SSSR count). The van der Waals surface area contributed by atoms with Crippen LogP contribution in [0.3, 0.4) is 0 Å². The lowest BCUT2D eigenvalue weighted by molar-refractivity contribution is -0.142. The average Bonchev–Trinajstić information content (AvgIpc) is 3.27. The minimum atomic E-state index is -0.232. The number of hydrogen-bond donors (Lipinski definition) is 1. The molecule has 6 nitrogen and oxygen atoms in total. The van der Waals surface area contributed by atoms with Gasteiger partial charge >= 0.3 is 0 Å². The molecule has 2 aliphatic rings. The zero-order valence-electron chi connectivity index (χ0n) is 18.7. The number of carbonyl (C=O) groups is 2. The average molecular weight is 416 g/mol. The van der Waals surface area contributed by atoms with E-state index in [-0.39, 0.29) is 29.4 Å². The van der Waals surface area contributed by atoms with Crippen LogP contribution in [-0.4, -0.2) is 73.1 Å². The molecule has 0 saturated carbocycles. The molecule has 6 heteroatoms. The van der Waals surface area contributed by atoms with E-state index in [9.17, 15) is 9.59 Å². The van der Waals surface area contributed by atoms with Gasteiger partial charge in [-0.1, -0.05) is 44.2 Å². The molecule has 0 spiro atoms. The van der Waals surface area contributed by atoms with E-state index in [0.29, 0.717) is 13.0 Å². The van der Waals surface area contributed by atoms with E-state index in [1.54, 1.807) is 0 Å². The maximum atomic E-state index is 12.4. The Morgan fingerprint density at radius 1 is 1.17 bits per heavy atom. The maximum absolute atomic E-state index is 12.4. The maximum Gasteiger partial charge on any atom is 0.251 e. The fourth-order valence-electron chi connectivity index (χ4n) is 4.60. The fraction of sp³-hybridized carbons (Fsp3) is 0.667. The van der Waals surface area contributed by atoms with Gasteiger partial charge in [-0.05, 0) is 37.2 Å². The highest BCUT2D eigenvalue weighted by Crippen LogP contribution is 2.28. The number of hydrogen-bond acceptors (Lipinski definition) is 4. The Labute approximate surface area is 180 Å². The van der Waals surface area contributed by atoms with Gasteiger partial charge in [-0.25, -0.2) is 0 Å². The molecule has 2 saturated heterocycles. The summed E-state index contributed by atoms with van der Waals surface area (Å²) >= 11 is 0. The van der Waals surface area contributed by atoms with Crippen LogP contribution in [0.15, 0.2) is 30.3 Å². The zero-order valence-corrected chi connectivity index (χ0v) is 18.7. The van der Waals surface area contributed by atoms with Crippen LogP contribution in [0.25, 0.3) is 0 Å². The Bertz CT molecular complexity index is 693. The molecule has 30 heavy (non-hydrogen) atoms. The molecule has 1 N–H and O–H groups in total. The smallest absolute Gasteiger partial charge is 0.251 e. The van der Waals surface area contributed by atoms with Crippen molar-refractivity contribution in [3.8, 4) is 0 Å². The van der Waals surface area contributed by atoms with Crippen LogP contribution in [0.2, 0.25) is 0 Å². The van der Waals surface area contributed by atoms with Gasteiger partial charge in [0.2, 0.25) is 5.91 Å². The second kappa shape index (κ2) is 10.4. The highest BCUT2D eigenvalue weighted by atomic mass is 16.5. The number of rotatable bonds is 8. The first-order valence-electron chi connectivity index (χ1n) is 11.3. The normalized spacial score (nSPS) is 21.4. The molecule has 2 amide bonds.